The Labute approximate surface area is 584 Å². The molecule has 0 bridgehead atoms. The minimum Gasteiger partial charge on any atom is -0.309 e. The van der Waals surface area contributed by atoms with Crippen molar-refractivity contribution in [3.63, 3.8) is 0 Å². The Morgan fingerprint density at radius 3 is 0.843 bits per heavy atom. The summed E-state index contributed by atoms with van der Waals surface area (Å²) in [6.07, 6.45) is 3.52. The summed E-state index contributed by atoms with van der Waals surface area (Å²) < 4.78 is 4.47. The molecule has 14 nitrogen and oxygen atoms in total. The smallest absolute Gasteiger partial charge is 0.164 e. The Kier molecular flexibility index (Phi) is 15.3. The average molecular weight is 1300 g/mol. The summed E-state index contributed by atoms with van der Waals surface area (Å²) in [5.41, 5.74) is 18.4. The summed E-state index contributed by atoms with van der Waals surface area (Å²) in [5, 5.41) is 85.4. The van der Waals surface area contributed by atoms with Crippen molar-refractivity contribution >= 4 is 43.6 Å². The van der Waals surface area contributed by atoms with Crippen LogP contribution in [0.1, 0.15) is 44.5 Å². The summed E-state index contributed by atoms with van der Waals surface area (Å²) in [7, 11) is 0. The minimum atomic E-state index is 0.328. The monoisotopic (exact) mass is 1300 g/mol. The molecule has 466 valence electrons. The van der Waals surface area contributed by atoms with Crippen LogP contribution < -0.4 is 0 Å². The summed E-state index contributed by atoms with van der Waals surface area (Å²) in [6, 6.07) is 98.9. The van der Waals surface area contributed by atoms with Gasteiger partial charge in [-0.15, -0.1) is 0 Å². The lowest BCUT2D eigenvalue weighted by Crippen LogP contribution is -2.04. The molecule has 0 amide bonds. The Morgan fingerprint density at radius 1 is 0.225 bits per heavy atom. The van der Waals surface area contributed by atoms with Crippen molar-refractivity contribution in [1.82, 2.24) is 29.1 Å². The molecule has 4 aromatic heterocycles. The highest BCUT2D eigenvalue weighted by Crippen LogP contribution is 2.47. The van der Waals surface area contributed by atoms with E-state index in [9.17, 15) is 42.1 Å². The molecule has 0 radical (unpaired) electrons. The van der Waals surface area contributed by atoms with E-state index in [0.29, 0.717) is 95.5 Å². The predicted octanol–water partition coefficient (Wildman–Crippen LogP) is 19.4. The van der Waals surface area contributed by atoms with Crippen molar-refractivity contribution < 1.29 is 0 Å². The van der Waals surface area contributed by atoms with Crippen molar-refractivity contribution in [2.24, 2.45) is 0 Å². The van der Waals surface area contributed by atoms with E-state index in [-0.39, 0.29) is 0 Å². The fraction of sp³-hybridized carbons (Fsp3) is 0. The first-order valence-electron chi connectivity index (χ1n) is 32.2. The van der Waals surface area contributed by atoms with E-state index in [1.54, 1.807) is 85.2 Å². The van der Waals surface area contributed by atoms with E-state index in [1.165, 1.54) is 0 Å². The lowest BCUT2D eigenvalue weighted by atomic mass is 9.95. The highest BCUT2D eigenvalue weighted by molar-refractivity contribution is 6.14. The molecule has 0 aliphatic rings. The van der Waals surface area contributed by atoms with E-state index in [2.05, 4.69) is 117 Å². The molecular formula is C88H44N14. The third kappa shape index (κ3) is 10.7. The SMILES string of the molecule is N#Cc1ccc(-c2ccc3c(c2)c2cc(-c4ccc(C#N)cc4C#N)ccc2n3-c2cc(-c3ccncc3)ccc2-c2ccc(-c3nc(-c4ccccc4)nc(-c4ccccc4)n3)cc2-n2c3ccc(-c4ccc(C#N)cc4C#N)cc3c3cc(-c4ccc(C#N)cc4C#N)ccc32)c(C#N)c1. The van der Waals surface area contributed by atoms with Crippen LogP contribution in [0.3, 0.4) is 0 Å². The van der Waals surface area contributed by atoms with E-state index in [4.69, 9.17) is 15.0 Å². The molecule has 0 N–H and O–H groups in total. The number of hydrogen-bond acceptors (Lipinski definition) is 12. The van der Waals surface area contributed by atoms with E-state index >= 15 is 0 Å². The molecule has 0 saturated carbocycles. The Hall–Kier alpha value is -15.7. The summed E-state index contributed by atoms with van der Waals surface area (Å²) in [6.45, 7) is 0. The second-order valence-corrected chi connectivity index (χ2v) is 24.3. The molecule has 4 heterocycles. The summed E-state index contributed by atoms with van der Waals surface area (Å²) >= 11 is 0. The third-order valence-electron chi connectivity index (χ3n) is 18.6. The maximum absolute atomic E-state index is 10.6. The number of fused-ring (bicyclic) bond motifs is 6. The zero-order valence-electron chi connectivity index (χ0n) is 53.7. The second kappa shape index (κ2) is 25.5. The maximum Gasteiger partial charge on any atom is 0.164 e. The van der Waals surface area contributed by atoms with Crippen molar-refractivity contribution in [2.75, 3.05) is 0 Å². The van der Waals surface area contributed by atoms with Gasteiger partial charge in [0.2, 0.25) is 0 Å². The van der Waals surface area contributed by atoms with Gasteiger partial charge in [-0.1, -0.05) is 133 Å². The van der Waals surface area contributed by atoms with Gasteiger partial charge in [-0.3, -0.25) is 4.98 Å². The van der Waals surface area contributed by atoms with Crippen molar-refractivity contribution in [3.8, 4) is 161 Å². The van der Waals surface area contributed by atoms with Gasteiger partial charge in [0, 0.05) is 61.8 Å². The third-order valence-corrected chi connectivity index (χ3v) is 18.6. The number of nitriles is 8. The Balaban J connectivity index is 1.02. The quantitative estimate of drug-likeness (QED) is 0.117. The normalized spacial score (nSPS) is 10.9. The van der Waals surface area contributed by atoms with Crippen molar-refractivity contribution in [2.45, 2.75) is 0 Å². The number of aromatic nitrogens is 6. The van der Waals surface area contributed by atoms with Gasteiger partial charge in [0.25, 0.3) is 0 Å². The molecule has 0 unspecified atom stereocenters. The zero-order valence-corrected chi connectivity index (χ0v) is 53.7. The molecule has 0 fully saturated rings. The molecule has 102 heavy (non-hydrogen) atoms. The van der Waals surface area contributed by atoms with Gasteiger partial charge in [-0.25, -0.2) is 15.0 Å². The zero-order chi connectivity index (χ0) is 69.5. The lowest BCUT2D eigenvalue weighted by Gasteiger charge is -2.21. The highest BCUT2D eigenvalue weighted by atomic mass is 15.0. The number of rotatable bonds is 11. The van der Waals surface area contributed by atoms with Gasteiger partial charge >= 0.3 is 0 Å². The fourth-order valence-electron chi connectivity index (χ4n) is 13.8. The minimum absolute atomic E-state index is 0.328. The van der Waals surface area contributed by atoms with Gasteiger partial charge in [0.1, 0.15) is 0 Å². The Bertz CT molecular complexity index is 6280. The first-order valence-corrected chi connectivity index (χ1v) is 32.2. The number of pyridine rings is 1. The van der Waals surface area contributed by atoms with E-state index in [1.807, 2.05) is 127 Å². The van der Waals surface area contributed by atoms with Crippen LogP contribution in [-0.4, -0.2) is 29.1 Å². The van der Waals surface area contributed by atoms with Crippen LogP contribution in [0.15, 0.2) is 267 Å². The molecule has 14 heteroatoms. The molecule has 0 aliphatic heterocycles. The molecule has 0 aliphatic carbocycles. The second-order valence-electron chi connectivity index (χ2n) is 24.3. The van der Waals surface area contributed by atoms with Crippen molar-refractivity contribution in [3.05, 3.63) is 312 Å². The summed E-state index contributed by atoms with van der Waals surface area (Å²) in [5.74, 6) is 1.35. The van der Waals surface area contributed by atoms with Gasteiger partial charge in [-0.2, -0.15) is 42.1 Å². The number of nitrogens with zero attached hydrogens (tertiary/aromatic N) is 14. The number of hydrogen-bond donors (Lipinski definition) is 0. The molecule has 16 rings (SSSR count). The Morgan fingerprint density at radius 2 is 0.520 bits per heavy atom. The summed E-state index contributed by atoms with van der Waals surface area (Å²) in [4.78, 5) is 20.0. The van der Waals surface area contributed by atoms with E-state index in [0.717, 1.165) is 105 Å². The first-order chi connectivity index (χ1) is 50.2. The fourth-order valence-corrected chi connectivity index (χ4v) is 13.8. The molecule has 12 aromatic carbocycles. The highest BCUT2D eigenvalue weighted by Gasteiger charge is 2.26. The van der Waals surface area contributed by atoms with Crippen LogP contribution in [-0.2, 0) is 0 Å². The van der Waals surface area contributed by atoms with Crippen LogP contribution in [0.4, 0.5) is 0 Å². The number of benzene rings is 12. The van der Waals surface area contributed by atoms with Gasteiger partial charge < -0.3 is 9.13 Å². The van der Waals surface area contributed by atoms with E-state index < -0.39 is 0 Å². The average Bonchev–Trinajstić information content (AvgIpc) is 1.58. The topological polar surface area (TPSA) is 252 Å². The van der Waals surface area contributed by atoms with Crippen LogP contribution >= 0.6 is 0 Å². The van der Waals surface area contributed by atoms with Crippen molar-refractivity contribution in [1.29, 1.82) is 42.1 Å². The largest absolute Gasteiger partial charge is 0.309 e. The molecular weight excluding hydrogens is 1250 g/mol. The molecule has 16 aromatic rings. The molecule has 0 spiro atoms. The van der Waals surface area contributed by atoms with Gasteiger partial charge in [0.05, 0.1) is 127 Å². The molecule has 0 atom stereocenters. The van der Waals surface area contributed by atoms with Crippen LogP contribution in [0.5, 0.6) is 0 Å². The van der Waals surface area contributed by atoms with Crippen LogP contribution in [0, 0.1) is 90.6 Å². The van der Waals surface area contributed by atoms with Crippen LogP contribution in [0.2, 0.25) is 0 Å². The predicted molar refractivity (Wildman–Crippen MR) is 393 cm³/mol. The lowest BCUT2D eigenvalue weighted by molar-refractivity contribution is 1.07. The first kappa shape index (κ1) is 61.2. The van der Waals surface area contributed by atoms with Gasteiger partial charge in [-0.05, 0) is 177 Å². The van der Waals surface area contributed by atoms with Crippen LogP contribution in [0.25, 0.3) is 156 Å². The molecule has 0 saturated heterocycles. The maximum atomic E-state index is 10.6. The standard InChI is InChI=1S/C88H44N14/c89-45-53-11-21-70(66(35-53)49-93)61-17-27-80-76(39-61)77-40-62(71-22-12-54(46-90)36-67(71)50-94)18-28-81(77)101(80)84-43-60(57-31-33-97-34-32-57)15-25-74(84)75-26-16-65(88-99-86(58-7-3-1-4-8-58)98-87(100-88)59-9-5-2-6-10-59)44-85(75)102-82-29-19-63(72-23-13-55(47-91)37-68(72)51-95)41-78(82)79-42-64(20-30-83(79)102)73-24-14-56(48-92)38-69(73)52-96/h1-44H. The van der Waals surface area contributed by atoms with Gasteiger partial charge in [0.15, 0.2) is 17.5 Å².